The quantitative estimate of drug-likeness (QED) is 0.278. The van der Waals surface area contributed by atoms with Crippen LogP contribution in [0.3, 0.4) is 0 Å². The molecular weight excluding hydrogens is 516 g/mol. The molecule has 198 valence electrons. The topological polar surface area (TPSA) is 83.5 Å². The lowest BCUT2D eigenvalue weighted by Gasteiger charge is -2.30. The average Bonchev–Trinajstić information content (AvgIpc) is 3.41. The van der Waals surface area contributed by atoms with Crippen LogP contribution >= 0.6 is 11.3 Å². The fraction of sp³-hybridized carbons (Fsp3) is 0.345. The molecule has 1 aliphatic rings. The molecule has 7 nitrogen and oxygen atoms in total. The van der Waals surface area contributed by atoms with Crippen LogP contribution in [-0.2, 0) is 16.6 Å². The third-order valence-corrected chi connectivity index (χ3v) is 10.5. The monoisotopic (exact) mass is 548 g/mol. The Kier molecular flexibility index (Phi) is 7.61. The molecule has 0 atom stereocenters. The van der Waals surface area contributed by atoms with Crippen LogP contribution in [0.1, 0.15) is 59.3 Å². The molecule has 2 heterocycles. The molecule has 0 radical (unpaired) electrons. The molecule has 2 aromatic carbocycles. The highest BCUT2D eigenvalue weighted by atomic mass is 32.2. The summed E-state index contributed by atoms with van der Waals surface area (Å²) in [5, 5.41) is 0.585. The molecule has 1 fully saturated rings. The van der Waals surface area contributed by atoms with Gasteiger partial charge in [0.05, 0.1) is 27.4 Å². The molecule has 5 rings (SSSR count). The summed E-state index contributed by atoms with van der Waals surface area (Å²) in [5.74, 6) is -0.255. The highest BCUT2D eigenvalue weighted by molar-refractivity contribution is 7.89. The maximum Gasteiger partial charge on any atom is 0.260 e. The Morgan fingerprint density at radius 1 is 0.974 bits per heavy atom. The van der Waals surface area contributed by atoms with Gasteiger partial charge in [0.25, 0.3) is 5.91 Å². The zero-order valence-corrected chi connectivity index (χ0v) is 23.6. The Labute approximate surface area is 228 Å². The van der Waals surface area contributed by atoms with Crippen LogP contribution in [0.15, 0.2) is 65.7 Å². The van der Waals surface area contributed by atoms with E-state index >= 15 is 0 Å². The number of thiazole rings is 1. The molecule has 9 heteroatoms. The largest absolute Gasteiger partial charge is 0.278 e. The van der Waals surface area contributed by atoms with Gasteiger partial charge in [0, 0.05) is 24.8 Å². The second-order valence-corrected chi connectivity index (χ2v) is 12.9. The second kappa shape index (κ2) is 10.9. The van der Waals surface area contributed by atoms with Crippen molar-refractivity contribution in [1.82, 2.24) is 14.3 Å². The third kappa shape index (κ3) is 5.23. The van der Waals surface area contributed by atoms with Crippen molar-refractivity contribution >= 4 is 42.6 Å². The minimum atomic E-state index is -3.64. The van der Waals surface area contributed by atoms with E-state index in [2.05, 4.69) is 11.1 Å². The van der Waals surface area contributed by atoms with Crippen LogP contribution in [0.25, 0.3) is 10.2 Å². The fourth-order valence-corrected chi connectivity index (χ4v) is 7.50. The minimum absolute atomic E-state index is 0.0230. The Bertz CT molecular complexity index is 1510. The number of carbonyl (C=O) groups is 1. The zero-order valence-electron chi connectivity index (χ0n) is 21.9. The molecule has 0 saturated heterocycles. The number of nitrogens with zero attached hydrogens (tertiary/aromatic N) is 4. The van der Waals surface area contributed by atoms with E-state index in [0.29, 0.717) is 10.7 Å². The maximum atomic E-state index is 13.8. The van der Waals surface area contributed by atoms with Gasteiger partial charge < -0.3 is 0 Å². The summed E-state index contributed by atoms with van der Waals surface area (Å²) in [4.78, 5) is 24.9. The Morgan fingerprint density at radius 3 is 2.34 bits per heavy atom. The number of amides is 1. The summed E-state index contributed by atoms with van der Waals surface area (Å²) >= 11 is 1.48. The van der Waals surface area contributed by atoms with Crippen LogP contribution in [-0.4, -0.2) is 41.7 Å². The minimum Gasteiger partial charge on any atom is -0.278 e. The standard InChI is InChI=1S/C29H32N4O3S2/c1-20-12-13-21(2)27-26(20)31-29(37-27)33(19-23-9-7-8-18-30-23)28(34)22-14-16-25(17-15-22)38(35,36)32(3)24-10-5-4-6-11-24/h7-9,12-18,24H,4-6,10-11,19H2,1-3H3. The molecule has 0 bridgehead atoms. The summed E-state index contributed by atoms with van der Waals surface area (Å²) < 4.78 is 29.1. The molecule has 0 N–H and O–H groups in total. The van der Waals surface area contributed by atoms with E-state index in [9.17, 15) is 13.2 Å². The van der Waals surface area contributed by atoms with Gasteiger partial charge in [-0.1, -0.05) is 48.8 Å². The number of aryl methyl sites for hydroxylation is 2. The maximum absolute atomic E-state index is 13.8. The number of carbonyl (C=O) groups excluding carboxylic acids is 1. The number of benzene rings is 2. The lowest BCUT2D eigenvalue weighted by atomic mass is 9.96. The number of hydrogen-bond donors (Lipinski definition) is 0. The van der Waals surface area contributed by atoms with E-state index in [1.165, 1.54) is 27.8 Å². The van der Waals surface area contributed by atoms with E-state index in [-0.39, 0.29) is 23.4 Å². The fourth-order valence-electron chi connectivity index (χ4n) is 4.98. The Hall–Kier alpha value is -3.14. The Morgan fingerprint density at radius 2 is 1.68 bits per heavy atom. The van der Waals surface area contributed by atoms with Crippen molar-refractivity contribution in [3.8, 4) is 0 Å². The van der Waals surface area contributed by atoms with Crippen LogP contribution < -0.4 is 4.90 Å². The van der Waals surface area contributed by atoms with Gasteiger partial charge in [-0.3, -0.25) is 14.7 Å². The Balaban J connectivity index is 1.47. The van der Waals surface area contributed by atoms with E-state index in [4.69, 9.17) is 4.98 Å². The first kappa shape index (κ1) is 26.5. The van der Waals surface area contributed by atoms with Gasteiger partial charge in [0.2, 0.25) is 10.0 Å². The summed E-state index contributed by atoms with van der Waals surface area (Å²) in [6.45, 7) is 4.31. The van der Waals surface area contributed by atoms with Gasteiger partial charge in [-0.2, -0.15) is 4.31 Å². The number of aromatic nitrogens is 2. The van der Waals surface area contributed by atoms with Crippen molar-refractivity contribution in [1.29, 1.82) is 0 Å². The van der Waals surface area contributed by atoms with Crippen molar-refractivity contribution < 1.29 is 13.2 Å². The van der Waals surface area contributed by atoms with Crippen LogP contribution in [0, 0.1) is 13.8 Å². The molecule has 1 amide bonds. The van der Waals surface area contributed by atoms with E-state index in [0.717, 1.165) is 59.1 Å². The lowest BCUT2D eigenvalue weighted by molar-refractivity contribution is 0.0984. The SMILES string of the molecule is Cc1ccc(C)c2sc(N(Cc3ccccn3)C(=O)c3ccc(S(=O)(=O)N(C)C4CCCCC4)cc3)nc12. The lowest BCUT2D eigenvalue weighted by Crippen LogP contribution is -2.38. The molecule has 1 aliphatic carbocycles. The van der Waals surface area contributed by atoms with E-state index < -0.39 is 10.0 Å². The van der Waals surface area contributed by atoms with E-state index in [1.54, 1.807) is 30.3 Å². The number of sulfonamides is 1. The molecule has 1 saturated carbocycles. The van der Waals surface area contributed by atoms with E-state index in [1.807, 2.05) is 38.1 Å². The van der Waals surface area contributed by atoms with Crippen LogP contribution in [0.4, 0.5) is 5.13 Å². The molecular formula is C29H32N4O3S2. The van der Waals surface area contributed by atoms with Gasteiger partial charge in [-0.05, 0) is 74.2 Å². The summed E-state index contributed by atoms with van der Waals surface area (Å²) in [5.41, 5.74) is 4.18. The van der Waals surface area contributed by atoms with Crippen molar-refractivity contribution in [3.05, 3.63) is 83.2 Å². The van der Waals surface area contributed by atoms with Gasteiger partial charge in [-0.15, -0.1) is 0 Å². The summed E-state index contributed by atoms with van der Waals surface area (Å²) in [7, 11) is -1.98. The number of hydrogen-bond acceptors (Lipinski definition) is 6. The number of pyridine rings is 1. The molecule has 0 aliphatic heterocycles. The highest BCUT2D eigenvalue weighted by Gasteiger charge is 2.30. The molecule has 0 unspecified atom stereocenters. The first-order valence-corrected chi connectivity index (χ1v) is 15.2. The second-order valence-electron chi connectivity index (χ2n) is 9.92. The molecule has 38 heavy (non-hydrogen) atoms. The normalized spacial score (nSPS) is 14.7. The van der Waals surface area contributed by atoms with Crippen molar-refractivity contribution in [2.24, 2.45) is 0 Å². The first-order valence-electron chi connectivity index (χ1n) is 12.9. The first-order chi connectivity index (χ1) is 18.3. The molecule has 2 aromatic heterocycles. The smallest absolute Gasteiger partial charge is 0.260 e. The number of fused-ring (bicyclic) bond motifs is 1. The van der Waals surface area contributed by atoms with Gasteiger partial charge in [-0.25, -0.2) is 13.4 Å². The molecule has 0 spiro atoms. The average molecular weight is 549 g/mol. The van der Waals surface area contributed by atoms with Crippen molar-refractivity contribution in [3.63, 3.8) is 0 Å². The number of rotatable bonds is 7. The van der Waals surface area contributed by atoms with Gasteiger partial charge >= 0.3 is 0 Å². The van der Waals surface area contributed by atoms with Crippen molar-refractivity contribution in [2.75, 3.05) is 11.9 Å². The highest BCUT2D eigenvalue weighted by Crippen LogP contribution is 2.34. The number of anilines is 1. The summed E-state index contributed by atoms with van der Waals surface area (Å²) in [6, 6.07) is 16.0. The predicted octanol–water partition coefficient (Wildman–Crippen LogP) is 6.11. The van der Waals surface area contributed by atoms with Crippen LogP contribution in [0.5, 0.6) is 0 Å². The van der Waals surface area contributed by atoms with Gasteiger partial charge in [0.15, 0.2) is 5.13 Å². The van der Waals surface area contributed by atoms with Crippen LogP contribution in [0.2, 0.25) is 0 Å². The van der Waals surface area contributed by atoms with Crippen molar-refractivity contribution in [2.45, 2.75) is 63.4 Å². The molecule has 4 aromatic rings. The summed E-state index contributed by atoms with van der Waals surface area (Å²) in [6.07, 6.45) is 6.73. The third-order valence-electron chi connectivity index (χ3n) is 7.32. The zero-order chi connectivity index (χ0) is 26.9. The van der Waals surface area contributed by atoms with Gasteiger partial charge in [0.1, 0.15) is 0 Å². The predicted molar refractivity (Wildman–Crippen MR) is 152 cm³/mol.